The average molecular weight is 1310 g/mol. The summed E-state index contributed by atoms with van der Waals surface area (Å²) < 4.78 is 30.3. The molecule has 11 rings (SSSR count). The van der Waals surface area contributed by atoms with Gasteiger partial charge >= 0.3 is 14.2 Å². The Morgan fingerprint density at radius 3 is 0.855 bits per heavy atom. The molecule has 0 unspecified atom stereocenters. The van der Waals surface area contributed by atoms with E-state index in [1.54, 1.807) is 0 Å². The van der Waals surface area contributed by atoms with Crippen LogP contribution in [0.2, 0.25) is 0 Å². The second-order valence-electron chi connectivity index (χ2n) is 21.2. The minimum Gasteiger partial charge on any atom is -0.399 e. The minimum atomic E-state index is -0.478. The summed E-state index contributed by atoms with van der Waals surface area (Å²) in [5, 5.41) is 0. The van der Waals surface area contributed by atoms with Crippen LogP contribution in [0.3, 0.4) is 0 Å². The van der Waals surface area contributed by atoms with Crippen LogP contribution in [-0.2, 0) is 18.6 Å². The highest BCUT2D eigenvalue weighted by Gasteiger charge is 2.54. The molecule has 2 heterocycles. The topological polar surface area (TPSA) is 36.9 Å². The molecule has 76 heavy (non-hydrogen) atoms. The number of rotatable bonds is 8. The van der Waals surface area contributed by atoms with E-state index in [-0.39, 0.29) is 0 Å². The van der Waals surface area contributed by atoms with Crippen molar-refractivity contribution in [3.8, 4) is 66.8 Å². The summed E-state index contributed by atoms with van der Waals surface area (Å²) in [6.07, 6.45) is 0. The molecular formula is C66H60B2Br3IO4. The SMILES string of the molecule is Brc1ccc(-c2cc(-c3ccc(Br)cc3)cc(-c3cccc(-c4ccccc4)c3)c2)cc1.Brc1ccc(I)cc1.CC1(C)OB(c2cc(B3OC(C)(C)C(C)(C)O3)cc(-c3cccc(-c4ccccc4)c3)c2)OC1(C)C. The molecule has 2 aliphatic rings. The van der Waals surface area contributed by atoms with Crippen molar-refractivity contribution in [1.82, 2.24) is 0 Å². The first-order valence-electron chi connectivity index (χ1n) is 25.5. The van der Waals surface area contributed by atoms with E-state index >= 15 is 0 Å². The van der Waals surface area contributed by atoms with Crippen LogP contribution in [-0.4, -0.2) is 36.6 Å². The molecule has 9 aromatic carbocycles. The van der Waals surface area contributed by atoms with Crippen LogP contribution in [0.4, 0.5) is 0 Å². The van der Waals surface area contributed by atoms with Crippen molar-refractivity contribution in [2.75, 3.05) is 0 Å². The van der Waals surface area contributed by atoms with Crippen molar-refractivity contribution in [2.45, 2.75) is 77.8 Å². The Balaban J connectivity index is 0.000000163. The Bertz CT molecular complexity index is 3250. The molecule has 0 atom stereocenters. The Kier molecular flexibility index (Phi) is 17.4. The molecule has 0 N–H and O–H groups in total. The van der Waals surface area contributed by atoms with Gasteiger partial charge < -0.3 is 18.6 Å². The summed E-state index contributed by atoms with van der Waals surface area (Å²) in [5.74, 6) is 0. The number of benzene rings is 9. The largest absolute Gasteiger partial charge is 0.494 e. The predicted octanol–water partition coefficient (Wildman–Crippen LogP) is 18.6. The maximum atomic E-state index is 6.43. The number of halogens is 4. The van der Waals surface area contributed by atoms with E-state index < -0.39 is 36.6 Å². The Morgan fingerprint density at radius 2 is 0.526 bits per heavy atom. The van der Waals surface area contributed by atoms with Crippen LogP contribution < -0.4 is 10.9 Å². The van der Waals surface area contributed by atoms with Gasteiger partial charge in [-0.3, -0.25) is 0 Å². The van der Waals surface area contributed by atoms with E-state index in [0.29, 0.717) is 0 Å². The fourth-order valence-corrected chi connectivity index (χ4v) is 10.1. The third kappa shape index (κ3) is 13.3. The van der Waals surface area contributed by atoms with Gasteiger partial charge in [-0.2, -0.15) is 0 Å². The van der Waals surface area contributed by atoms with Gasteiger partial charge in [0.1, 0.15) is 0 Å². The van der Waals surface area contributed by atoms with E-state index in [9.17, 15) is 0 Å². The summed E-state index contributed by atoms with van der Waals surface area (Å²) in [7, 11) is -0.957. The maximum absolute atomic E-state index is 6.43. The Hall–Kier alpha value is -4.88. The summed E-state index contributed by atoms with van der Waals surface area (Å²) in [5.41, 5.74) is 14.5. The van der Waals surface area contributed by atoms with E-state index in [4.69, 9.17) is 18.6 Å². The summed E-state index contributed by atoms with van der Waals surface area (Å²) in [6, 6.07) is 76.9. The van der Waals surface area contributed by atoms with Crippen LogP contribution in [0.5, 0.6) is 0 Å². The van der Waals surface area contributed by atoms with Gasteiger partial charge in [0.25, 0.3) is 0 Å². The monoisotopic (exact) mass is 1300 g/mol. The molecule has 382 valence electrons. The van der Waals surface area contributed by atoms with Gasteiger partial charge in [0, 0.05) is 17.0 Å². The second kappa shape index (κ2) is 23.6. The highest BCUT2D eigenvalue weighted by Crippen LogP contribution is 2.40. The zero-order valence-electron chi connectivity index (χ0n) is 44.1. The lowest BCUT2D eigenvalue weighted by molar-refractivity contribution is 0.00578. The lowest BCUT2D eigenvalue weighted by Gasteiger charge is -2.32. The van der Waals surface area contributed by atoms with Crippen molar-refractivity contribution in [3.63, 3.8) is 0 Å². The third-order valence-electron chi connectivity index (χ3n) is 14.7. The van der Waals surface area contributed by atoms with Crippen LogP contribution in [0, 0.1) is 3.57 Å². The molecular weight excluding hydrogens is 1240 g/mol. The molecule has 2 saturated heterocycles. The molecule has 2 aliphatic heterocycles. The molecule has 9 aromatic rings. The van der Waals surface area contributed by atoms with Crippen molar-refractivity contribution < 1.29 is 18.6 Å². The first kappa shape index (κ1) is 55.9. The molecule has 0 bridgehead atoms. The summed E-state index contributed by atoms with van der Waals surface area (Å²) in [4.78, 5) is 0. The lowest BCUT2D eigenvalue weighted by atomic mass is 9.70. The first-order valence-corrected chi connectivity index (χ1v) is 28.9. The summed E-state index contributed by atoms with van der Waals surface area (Å²) >= 11 is 12.7. The van der Waals surface area contributed by atoms with Crippen LogP contribution in [0.25, 0.3) is 66.8 Å². The quantitative estimate of drug-likeness (QED) is 0.112. The van der Waals surface area contributed by atoms with Gasteiger partial charge in [0.2, 0.25) is 0 Å². The fraction of sp³-hybridized carbons (Fsp3) is 0.182. The van der Waals surface area contributed by atoms with E-state index in [1.807, 2.05) is 18.2 Å². The summed E-state index contributed by atoms with van der Waals surface area (Å²) in [6.45, 7) is 16.6. The maximum Gasteiger partial charge on any atom is 0.494 e. The molecule has 0 spiro atoms. The van der Waals surface area contributed by atoms with Gasteiger partial charge in [-0.1, -0.05) is 187 Å². The van der Waals surface area contributed by atoms with Crippen molar-refractivity contribution in [3.05, 3.63) is 235 Å². The zero-order chi connectivity index (χ0) is 53.8. The highest BCUT2D eigenvalue weighted by molar-refractivity contribution is 14.1. The average Bonchev–Trinajstić information content (AvgIpc) is 3.80. The van der Waals surface area contributed by atoms with Gasteiger partial charge in [0.15, 0.2) is 0 Å². The number of hydrogen-bond acceptors (Lipinski definition) is 4. The minimum absolute atomic E-state index is 0.425. The van der Waals surface area contributed by atoms with E-state index in [0.717, 1.165) is 35.5 Å². The highest BCUT2D eigenvalue weighted by atomic mass is 127. The Morgan fingerprint density at radius 1 is 0.276 bits per heavy atom. The molecule has 0 radical (unpaired) electrons. The van der Waals surface area contributed by atoms with Crippen LogP contribution in [0.1, 0.15) is 55.4 Å². The lowest BCUT2D eigenvalue weighted by Crippen LogP contribution is -2.41. The van der Waals surface area contributed by atoms with Gasteiger partial charge in [-0.25, -0.2) is 0 Å². The normalized spacial score (nSPS) is 15.8. The standard InChI is InChI=1S/C30H36B2O4.C30H20Br2.C6H4BrI/c1-27(2)28(3,4)34-31(33-27)25-18-24(19-26(20-25)32-35-29(5,6)30(7,8)36-32)23-16-12-15-22(17-23)21-13-10-9-11-14-21;31-29-13-9-22(10-14-29)26-18-27(23-11-15-30(32)16-12-23)20-28(19-26)25-8-4-7-24(17-25)21-5-2-1-3-6-21;7-5-1-3-6(8)4-2-5/h9-20H,1-8H3;1-20H;1-4H. The fourth-order valence-electron chi connectivity index (χ4n) is 8.93. The third-order valence-corrected chi connectivity index (χ3v) is 17.0. The van der Waals surface area contributed by atoms with Crippen molar-refractivity contribution in [2.24, 2.45) is 0 Å². The molecule has 0 aliphatic carbocycles. The first-order chi connectivity index (χ1) is 36.2. The van der Waals surface area contributed by atoms with Crippen LogP contribution >= 0.6 is 70.4 Å². The molecule has 4 nitrogen and oxygen atoms in total. The Labute approximate surface area is 489 Å². The van der Waals surface area contributed by atoms with Crippen LogP contribution in [0.15, 0.2) is 232 Å². The molecule has 0 amide bonds. The molecule has 10 heteroatoms. The molecule has 0 saturated carbocycles. The number of hydrogen-bond donors (Lipinski definition) is 0. The van der Waals surface area contributed by atoms with Gasteiger partial charge in [0.05, 0.1) is 22.4 Å². The predicted molar refractivity (Wildman–Crippen MR) is 339 cm³/mol. The van der Waals surface area contributed by atoms with Crippen molar-refractivity contribution >= 4 is 95.5 Å². The molecule has 2 fully saturated rings. The second-order valence-corrected chi connectivity index (χ2v) is 25.2. The van der Waals surface area contributed by atoms with E-state index in [2.05, 4.69) is 326 Å². The van der Waals surface area contributed by atoms with Gasteiger partial charge in [-0.15, -0.1) is 0 Å². The van der Waals surface area contributed by atoms with Crippen molar-refractivity contribution in [1.29, 1.82) is 0 Å². The van der Waals surface area contributed by atoms with E-state index in [1.165, 1.54) is 59.2 Å². The van der Waals surface area contributed by atoms with Gasteiger partial charge in [-0.05, 0) is 235 Å². The zero-order valence-corrected chi connectivity index (χ0v) is 51.0. The molecule has 0 aromatic heterocycles. The smallest absolute Gasteiger partial charge is 0.399 e.